The minimum absolute atomic E-state index is 0.167. The van der Waals surface area contributed by atoms with Crippen LogP contribution >= 0.6 is 63.7 Å². The summed E-state index contributed by atoms with van der Waals surface area (Å²) in [7, 11) is 1.60. The summed E-state index contributed by atoms with van der Waals surface area (Å²) < 4.78 is 16.7. The fraction of sp³-hybridized carbons (Fsp3) is 0.276. The van der Waals surface area contributed by atoms with E-state index in [0.717, 1.165) is 56.1 Å². The molecule has 0 radical (unpaired) electrons. The molecule has 3 aromatic carbocycles. The molecular formula is C29H25Br4N3O3. The van der Waals surface area contributed by atoms with Gasteiger partial charge in [0.15, 0.2) is 11.5 Å². The molecule has 1 aliphatic carbocycles. The van der Waals surface area contributed by atoms with Crippen LogP contribution in [0.15, 0.2) is 76.3 Å². The number of hydrogen-bond acceptors (Lipinski definition) is 5. The van der Waals surface area contributed by atoms with Gasteiger partial charge in [-0.25, -0.2) is 4.98 Å². The van der Waals surface area contributed by atoms with E-state index in [1.54, 1.807) is 19.4 Å². The molecule has 39 heavy (non-hydrogen) atoms. The third-order valence-electron chi connectivity index (χ3n) is 6.82. The average Bonchev–Trinajstić information content (AvgIpc) is 2.95. The minimum atomic E-state index is -0.167. The van der Waals surface area contributed by atoms with Crippen LogP contribution in [0.25, 0.3) is 10.9 Å². The monoisotopic (exact) mass is 779 g/mol. The first kappa shape index (κ1) is 28.5. The first-order chi connectivity index (χ1) is 18.9. The van der Waals surface area contributed by atoms with Gasteiger partial charge in [-0.3, -0.25) is 4.79 Å². The van der Waals surface area contributed by atoms with Gasteiger partial charge < -0.3 is 9.47 Å². The van der Waals surface area contributed by atoms with E-state index in [-0.39, 0.29) is 11.5 Å². The molecule has 1 fully saturated rings. The molecule has 0 atom stereocenters. The molecule has 5 rings (SSSR count). The Hall–Kier alpha value is -2.01. The molecule has 4 aromatic rings. The third kappa shape index (κ3) is 6.19. The largest absolute Gasteiger partial charge is 0.493 e. The van der Waals surface area contributed by atoms with Gasteiger partial charge in [0.05, 0.1) is 28.7 Å². The van der Waals surface area contributed by atoms with Crippen molar-refractivity contribution in [3.8, 4) is 11.5 Å². The molecule has 1 saturated carbocycles. The van der Waals surface area contributed by atoms with Crippen molar-refractivity contribution < 1.29 is 9.47 Å². The van der Waals surface area contributed by atoms with Crippen LogP contribution in [0.4, 0.5) is 0 Å². The molecule has 0 aliphatic heterocycles. The predicted octanol–water partition coefficient (Wildman–Crippen LogP) is 8.96. The summed E-state index contributed by atoms with van der Waals surface area (Å²) in [5.41, 5.74) is 2.26. The van der Waals surface area contributed by atoms with Crippen molar-refractivity contribution in [2.75, 3.05) is 7.11 Å². The van der Waals surface area contributed by atoms with E-state index >= 15 is 0 Å². The smallest absolute Gasteiger partial charge is 0.282 e. The van der Waals surface area contributed by atoms with Gasteiger partial charge in [0.2, 0.25) is 0 Å². The highest BCUT2D eigenvalue weighted by Crippen LogP contribution is 2.43. The van der Waals surface area contributed by atoms with Crippen LogP contribution < -0.4 is 15.0 Å². The second-order valence-corrected chi connectivity index (χ2v) is 12.7. The van der Waals surface area contributed by atoms with E-state index in [2.05, 4.69) is 68.8 Å². The quantitative estimate of drug-likeness (QED) is 0.176. The van der Waals surface area contributed by atoms with Crippen LogP contribution in [0, 0.1) is 0 Å². The SMILES string of the molecule is COc1cc(C=Nn2c(C3CCCCC3)nc3ccccc3c2=O)c(Br)c(Br)c1OCc1ccc(Br)cc1Br. The van der Waals surface area contributed by atoms with Crippen LogP contribution in [0.3, 0.4) is 0 Å². The van der Waals surface area contributed by atoms with Gasteiger partial charge in [0.1, 0.15) is 12.4 Å². The van der Waals surface area contributed by atoms with Crippen LogP contribution in [-0.2, 0) is 6.61 Å². The average molecular weight is 783 g/mol. The minimum Gasteiger partial charge on any atom is -0.493 e. The number of methoxy groups -OCH3 is 1. The van der Waals surface area contributed by atoms with Crippen molar-refractivity contribution in [3.05, 3.63) is 93.7 Å². The number of fused-ring (bicyclic) bond motifs is 1. The zero-order valence-corrected chi connectivity index (χ0v) is 27.4. The predicted molar refractivity (Wildman–Crippen MR) is 169 cm³/mol. The van der Waals surface area contributed by atoms with Crippen molar-refractivity contribution >= 4 is 80.8 Å². The van der Waals surface area contributed by atoms with Gasteiger partial charge in [0.25, 0.3) is 5.56 Å². The Morgan fingerprint density at radius 2 is 1.79 bits per heavy atom. The lowest BCUT2D eigenvalue weighted by Gasteiger charge is -2.22. The van der Waals surface area contributed by atoms with Crippen molar-refractivity contribution in [2.24, 2.45) is 5.10 Å². The second kappa shape index (κ2) is 12.7. The maximum Gasteiger partial charge on any atom is 0.282 e. The van der Waals surface area contributed by atoms with E-state index in [1.807, 2.05) is 42.5 Å². The zero-order chi connectivity index (χ0) is 27.5. The van der Waals surface area contributed by atoms with Gasteiger partial charge in [-0.1, -0.05) is 69.3 Å². The molecule has 202 valence electrons. The number of nitrogens with zero attached hydrogens (tertiary/aromatic N) is 3. The Balaban J connectivity index is 1.51. The Kier molecular flexibility index (Phi) is 9.26. The second-order valence-electron chi connectivity index (χ2n) is 9.33. The molecule has 0 saturated heterocycles. The highest BCUT2D eigenvalue weighted by atomic mass is 79.9. The summed E-state index contributed by atoms with van der Waals surface area (Å²) in [4.78, 5) is 18.4. The standard InChI is InChI=1S/C29H25Br4N3O3/c1-38-24-13-19(25(32)26(33)27(24)39-16-18-11-12-20(30)14-22(18)31)15-34-36-28(17-7-3-2-4-8-17)35-23-10-6-5-9-21(23)29(36)37/h5-6,9-15,17H,2-4,7-8,16H2,1H3. The molecule has 1 aromatic heterocycles. The lowest BCUT2D eigenvalue weighted by Crippen LogP contribution is -2.25. The van der Waals surface area contributed by atoms with E-state index < -0.39 is 0 Å². The molecule has 0 unspecified atom stereocenters. The molecular weight excluding hydrogens is 758 g/mol. The summed E-state index contributed by atoms with van der Waals surface area (Å²) in [6.45, 7) is 0.339. The van der Waals surface area contributed by atoms with Gasteiger partial charge in [-0.15, -0.1) is 0 Å². The maximum atomic E-state index is 13.5. The van der Waals surface area contributed by atoms with E-state index in [1.165, 1.54) is 11.1 Å². The highest BCUT2D eigenvalue weighted by Gasteiger charge is 2.23. The number of halogens is 4. The van der Waals surface area contributed by atoms with Gasteiger partial charge >= 0.3 is 0 Å². The molecule has 0 N–H and O–H groups in total. The number of aromatic nitrogens is 2. The lowest BCUT2D eigenvalue weighted by molar-refractivity contribution is 0.281. The molecule has 0 bridgehead atoms. The Morgan fingerprint density at radius 3 is 2.54 bits per heavy atom. The first-order valence-electron chi connectivity index (χ1n) is 12.6. The molecule has 1 heterocycles. The molecule has 6 nitrogen and oxygen atoms in total. The molecule has 0 spiro atoms. The van der Waals surface area contributed by atoms with E-state index in [0.29, 0.717) is 33.5 Å². The van der Waals surface area contributed by atoms with Crippen molar-refractivity contribution in [3.63, 3.8) is 0 Å². The summed E-state index contributed by atoms with van der Waals surface area (Å²) in [5.74, 6) is 2.02. The third-order valence-corrected chi connectivity index (χ3v) is 10.2. The number of rotatable bonds is 7. The number of para-hydroxylation sites is 1. The Labute approximate surface area is 260 Å². The van der Waals surface area contributed by atoms with Crippen molar-refractivity contribution in [2.45, 2.75) is 44.6 Å². The topological polar surface area (TPSA) is 65.7 Å². The lowest BCUT2D eigenvalue weighted by atomic mass is 9.88. The van der Waals surface area contributed by atoms with Gasteiger partial charge in [-0.05, 0) is 75.0 Å². The normalized spacial score (nSPS) is 14.3. The summed E-state index contributed by atoms with van der Waals surface area (Å²) in [6, 6.07) is 15.2. The number of hydrogen-bond donors (Lipinski definition) is 0. The molecule has 0 amide bonds. The summed E-state index contributed by atoms with van der Waals surface area (Å²) >= 11 is 14.4. The fourth-order valence-corrected chi connectivity index (χ4v) is 6.87. The first-order valence-corrected chi connectivity index (χ1v) is 15.7. The van der Waals surface area contributed by atoms with Crippen molar-refractivity contribution in [1.29, 1.82) is 0 Å². The number of benzene rings is 3. The molecule has 1 aliphatic rings. The highest BCUT2D eigenvalue weighted by molar-refractivity contribution is 9.13. The van der Waals surface area contributed by atoms with Crippen LogP contribution in [0.1, 0.15) is 55.0 Å². The fourth-order valence-electron chi connectivity index (χ4n) is 4.77. The van der Waals surface area contributed by atoms with Crippen LogP contribution in [0.5, 0.6) is 11.5 Å². The summed E-state index contributed by atoms with van der Waals surface area (Å²) in [6.07, 6.45) is 7.14. The summed E-state index contributed by atoms with van der Waals surface area (Å²) in [5, 5.41) is 5.23. The number of ether oxygens (including phenoxy) is 2. The molecule has 10 heteroatoms. The van der Waals surface area contributed by atoms with Crippen LogP contribution in [-0.4, -0.2) is 23.0 Å². The van der Waals surface area contributed by atoms with Crippen molar-refractivity contribution in [1.82, 2.24) is 9.66 Å². The maximum absolute atomic E-state index is 13.5. The zero-order valence-electron chi connectivity index (χ0n) is 21.1. The van der Waals surface area contributed by atoms with Gasteiger partial charge in [0, 0.05) is 30.5 Å². The van der Waals surface area contributed by atoms with Crippen LogP contribution in [0.2, 0.25) is 0 Å². The van der Waals surface area contributed by atoms with E-state index in [4.69, 9.17) is 14.5 Å². The Bertz CT molecular complexity index is 1610. The van der Waals surface area contributed by atoms with Gasteiger partial charge in [-0.2, -0.15) is 9.78 Å². The van der Waals surface area contributed by atoms with E-state index in [9.17, 15) is 4.79 Å². The Morgan fingerprint density at radius 1 is 1.03 bits per heavy atom.